The zero-order chi connectivity index (χ0) is 16.1. The van der Waals surface area contributed by atoms with Crippen LogP contribution < -0.4 is 5.63 Å². The molecule has 2 aromatic heterocycles. The van der Waals surface area contributed by atoms with E-state index in [0.717, 1.165) is 22.0 Å². The fraction of sp³-hybridized carbons (Fsp3) is 0.111. The second kappa shape index (κ2) is 4.96. The Labute approximate surface area is 136 Å². The quantitative estimate of drug-likeness (QED) is 0.520. The highest BCUT2D eigenvalue weighted by Gasteiger charge is 2.13. The molecule has 4 nitrogen and oxygen atoms in total. The maximum atomic E-state index is 12.3. The van der Waals surface area contributed by atoms with Gasteiger partial charge < -0.3 is 9.40 Å². The van der Waals surface area contributed by atoms with Crippen molar-refractivity contribution >= 4 is 33.6 Å². The van der Waals surface area contributed by atoms with E-state index in [-0.39, 0.29) is 0 Å². The Hall–Kier alpha value is -2.59. The van der Waals surface area contributed by atoms with E-state index in [4.69, 9.17) is 16.0 Å². The van der Waals surface area contributed by atoms with Crippen molar-refractivity contribution < 1.29 is 4.42 Å². The highest BCUT2D eigenvalue weighted by Crippen LogP contribution is 2.25. The third-order valence-electron chi connectivity index (χ3n) is 4.05. The van der Waals surface area contributed by atoms with Gasteiger partial charge in [0.2, 0.25) is 0 Å². The molecule has 4 rings (SSSR count). The van der Waals surface area contributed by atoms with Crippen molar-refractivity contribution in [2.24, 2.45) is 0 Å². The van der Waals surface area contributed by atoms with Gasteiger partial charge in [-0.15, -0.1) is 0 Å². The number of fused-ring (bicyclic) bond motifs is 2. The van der Waals surface area contributed by atoms with E-state index in [1.54, 1.807) is 24.3 Å². The van der Waals surface area contributed by atoms with Crippen molar-refractivity contribution in [1.29, 1.82) is 0 Å². The number of aromatic nitrogens is 2. The van der Waals surface area contributed by atoms with Gasteiger partial charge in [0.25, 0.3) is 0 Å². The van der Waals surface area contributed by atoms with Crippen LogP contribution >= 0.6 is 11.6 Å². The van der Waals surface area contributed by atoms with Gasteiger partial charge in [0.05, 0.1) is 11.0 Å². The van der Waals surface area contributed by atoms with Crippen LogP contribution in [0.15, 0.2) is 45.6 Å². The maximum absolute atomic E-state index is 12.3. The smallest absolute Gasteiger partial charge is 0.347 e. The number of halogens is 1. The fourth-order valence-electron chi connectivity index (χ4n) is 2.66. The minimum Gasteiger partial charge on any atom is -0.422 e. The first-order valence-corrected chi connectivity index (χ1v) is 7.60. The van der Waals surface area contributed by atoms with E-state index in [0.29, 0.717) is 22.0 Å². The molecule has 0 aliphatic rings. The number of rotatable bonds is 1. The molecule has 0 aliphatic carbocycles. The first-order chi connectivity index (χ1) is 11.0. The molecule has 0 atom stereocenters. The number of nitrogens with zero attached hydrogens (tertiary/aromatic N) is 1. The molecule has 0 amide bonds. The number of imidazole rings is 1. The molecular weight excluding hydrogens is 312 g/mol. The van der Waals surface area contributed by atoms with Crippen LogP contribution in [0, 0.1) is 13.8 Å². The van der Waals surface area contributed by atoms with Gasteiger partial charge in [-0.3, -0.25) is 0 Å². The monoisotopic (exact) mass is 324 g/mol. The molecule has 0 saturated carbocycles. The summed E-state index contributed by atoms with van der Waals surface area (Å²) in [6.07, 6.45) is 0. The second-order valence-corrected chi connectivity index (χ2v) is 6.11. The lowest BCUT2D eigenvalue weighted by Gasteiger charge is -2.00. The largest absolute Gasteiger partial charge is 0.422 e. The second-order valence-electron chi connectivity index (χ2n) is 5.67. The van der Waals surface area contributed by atoms with E-state index in [9.17, 15) is 4.79 Å². The molecule has 0 aliphatic heterocycles. The lowest BCUT2D eigenvalue weighted by Crippen LogP contribution is -2.03. The van der Waals surface area contributed by atoms with Crippen molar-refractivity contribution in [3.63, 3.8) is 0 Å². The van der Waals surface area contributed by atoms with Crippen LogP contribution in [-0.4, -0.2) is 9.97 Å². The van der Waals surface area contributed by atoms with Crippen LogP contribution in [0.4, 0.5) is 0 Å². The lowest BCUT2D eigenvalue weighted by atomic mass is 10.1. The molecule has 114 valence electrons. The molecule has 0 fully saturated rings. The summed E-state index contributed by atoms with van der Waals surface area (Å²) in [6, 6.07) is 10.9. The third-order valence-corrected chi connectivity index (χ3v) is 4.28. The average Bonchev–Trinajstić information content (AvgIpc) is 2.90. The van der Waals surface area contributed by atoms with Crippen LogP contribution in [0.1, 0.15) is 11.1 Å². The normalized spacial score (nSPS) is 11.4. The first kappa shape index (κ1) is 14.0. The van der Waals surface area contributed by atoms with Gasteiger partial charge >= 0.3 is 5.63 Å². The van der Waals surface area contributed by atoms with Gasteiger partial charge in [0, 0.05) is 10.4 Å². The van der Waals surface area contributed by atoms with Crippen molar-refractivity contribution in [1.82, 2.24) is 9.97 Å². The molecule has 0 unspecified atom stereocenters. The molecule has 0 radical (unpaired) electrons. The van der Waals surface area contributed by atoms with E-state index < -0.39 is 5.63 Å². The Morgan fingerprint density at radius 3 is 2.70 bits per heavy atom. The summed E-state index contributed by atoms with van der Waals surface area (Å²) in [5.74, 6) is 0.501. The van der Waals surface area contributed by atoms with Crippen LogP contribution in [0.25, 0.3) is 33.4 Å². The number of H-pyrrole nitrogens is 1. The Morgan fingerprint density at radius 2 is 1.87 bits per heavy atom. The van der Waals surface area contributed by atoms with E-state index in [1.165, 1.54) is 5.56 Å². The topological polar surface area (TPSA) is 58.9 Å². The highest BCUT2D eigenvalue weighted by molar-refractivity contribution is 6.31. The minimum absolute atomic E-state index is 0.395. The molecule has 5 heteroatoms. The van der Waals surface area contributed by atoms with Crippen LogP contribution in [-0.2, 0) is 0 Å². The SMILES string of the molecule is Cc1cc2nc(-c3cc4cc(Cl)ccc4oc3=O)[nH]c2cc1C. The number of nitrogens with one attached hydrogen (secondary N) is 1. The molecule has 1 N–H and O–H groups in total. The standard InChI is InChI=1S/C18H13ClN2O2/c1-9-5-14-15(6-10(9)2)21-17(20-14)13-8-11-7-12(19)3-4-16(11)23-18(13)22/h3-8H,1-2H3,(H,20,21). The molecule has 4 aromatic rings. The molecule has 2 aromatic carbocycles. The Kier molecular flexibility index (Phi) is 3.03. The predicted octanol–water partition coefficient (Wildman–Crippen LogP) is 4.61. The van der Waals surface area contributed by atoms with Crippen LogP contribution in [0.5, 0.6) is 0 Å². The fourth-order valence-corrected chi connectivity index (χ4v) is 2.84. The average molecular weight is 325 g/mol. The van der Waals surface area contributed by atoms with E-state index >= 15 is 0 Å². The lowest BCUT2D eigenvalue weighted by molar-refractivity contribution is 0.563. The number of aromatic amines is 1. The van der Waals surface area contributed by atoms with Crippen molar-refractivity contribution in [3.05, 3.63) is 63.0 Å². The number of hydrogen-bond acceptors (Lipinski definition) is 3. The van der Waals surface area contributed by atoms with Crippen LogP contribution in [0.2, 0.25) is 5.02 Å². The summed E-state index contributed by atoms with van der Waals surface area (Å²) in [4.78, 5) is 20.0. The van der Waals surface area contributed by atoms with Gasteiger partial charge in [-0.25, -0.2) is 9.78 Å². The summed E-state index contributed by atoms with van der Waals surface area (Å²) < 4.78 is 5.37. The summed E-state index contributed by atoms with van der Waals surface area (Å²) in [5.41, 5.74) is 4.53. The third kappa shape index (κ3) is 2.32. The predicted molar refractivity (Wildman–Crippen MR) is 92.1 cm³/mol. The summed E-state index contributed by atoms with van der Waals surface area (Å²) >= 11 is 6.01. The van der Waals surface area contributed by atoms with Crippen molar-refractivity contribution in [2.75, 3.05) is 0 Å². The molecule has 0 saturated heterocycles. The Morgan fingerprint density at radius 1 is 1.09 bits per heavy atom. The molecule has 0 bridgehead atoms. The molecule has 2 heterocycles. The molecule has 23 heavy (non-hydrogen) atoms. The highest BCUT2D eigenvalue weighted by atomic mass is 35.5. The summed E-state index contributed by atoms with van der Waals surface area (Å²) in [5, 5.41) is 1.35. The zero-order valence-electron chi connectivity index (χ0n) is 12.6. The van der Waals surface area contributed by atoms with Gasteiger partial charge in [-0.1, -0.05) is 11.6 Å². The Balaban J connectivity index is 1.97. The van der Waals surface area contributed by atoms with Crippen molar-refractivity contribution in [3.8, 4) is 11.4 Å². The number of aryl methyl sites for hydroxylation is 2. The van der Waals surface area contributed by atoms with Gasteiger partial charge in [0.15, 0.2) is 0 Å². The molecular formula is C18H13ClN2O2. The van der Waals surface area contributed by atoms with Gasteiger partial charge in [-0.05, 0) is 61.4 Å². The maximum Gasteiger partial charge on any atom is 0.347 e. The number of hydrogen-bond donors (Lipinski definition) is 1. The van der Waals surface area contributed by atoms with Crippen molar-refractivity contribution in [2.45, 2.75) is 13.8 Å². The molecule has 0 spiro atoms. The van der Waals surface area contributed by atoms with E-state index in [2.05, 4.69) is 9.97 Å². The van der Waals surface area contributed by atoms with Gasteiger partial charge in [-0.2, -0.15) is 0 Å². The summed E-state index contributed by atoms with van der Waals surface area (Å²) in [6.45, 7) is 4.08. The van der Waals surface area contributed by atoms with Crippen LogP contribution in [0.3, 0.4) is 0 Å². The zero-order valence-corrected chi connectivity index (χ0v) is 13.4. The summed E-state index contributed by atoms with van der Waals surface area (Å²) in [7, 11) is 0. The first-order valence-electron chi connectivity index (χ1n) is 7.22. The Bertz CT molecular complexity index is 1090. The number of benzene rings is 2. The van der Waals surface area contributed by atoms with Gasteiger partial charge in [0.1, 0.15) is 17.0 Å². The van der Waals surface area contributed by atoms with E-state index in [1.807, 2.05) is 26.0 Å². The minimum atomic E-state index is -0.424.